The number of oxime groups is 1. The maximum atomic E-state index is 13.6. The molecule has 19 heteroatoms. The van der Waals surface area contributed by atoms with E-state index in [1.165, 1.54) is 27.3 Å². The van der Waals surface area contributed by atoms with Gasteiger partial charge in [0.25, 0.3) is 11.8 Å². The molecule has 1 saturated heterocycles. The van der Waals surface area contributed by atoms with Crippen molar-refractivity contribution in [1.29, 1.82) is 0 Å². The molecule has 3 heterocycles. The molecule has 0 aromatic carbocycles. The van der Waals surface area contributed by atoms with E-state index in [-0.39, 0.29) is 22.3 Å². The van der Waals surface area contributed by atoms with Gasteiger partial charge in [-0.25, -0.2) is 19.4 Å². The van der Waals surface area contributed by atoms with Crippen LogP contribution in [0.3, 0.4) is 0 Å². The number of halogens is 1. The number of amides is 3. The van der Waals surface area contributed by atoms with Crippen LogP contribution in [0.2, 0.25) is 0 Å². The Bertz CT molecular complexity index is 1440. The maximum Gasteiger partial charge on any atom is 0.413 e. The normalized spacial score (nSPS) is 20.5. The summed E-state index contributed by atoms with van der Waals surface area (Å²) in [7, 11) is 1.17. The van der Waals surface area contributed by atoms with E-state index in [9.17, 15) is 28.5 Å². The maximum absolute atomic E-state index is 13.6. The van der Waals surface area contributed by atoms with Crippen molar-refractivity contribution in [3.05, 3.63) is 22.3 Å². The van der Waals surface area contributed by atoms with Crippen LogP contribution < -0.4 is 10.6 Å². The van der Waals surface area contributed by atoms with Gasteiger partial charge in [0.15, 0.2) is 16.9 Å². The number of thiazole rings is 1. The number of alkyl halides is 1. The molecule has 2 N–H and O–H groups in total. The molecule has 45 heavy (non-hydrogen) atoms. The number of hydrogen-bond acceptors (Lipinski definition) is 13. The van der Waals surface area contributed by atoms with Crippen LogP contribution in [0.25, 0.3) is 0 Å². The molecule has 3 atom stereocenters. The molecule has 1 fully saturated rings. The van der Waals surface area contributed by atoms with Gasteiger partial charge in [-0.05, 0) is 66.6 Å². The van der Waals surface area contributed by atoms with Crippen molar-refractivity contribution in [2.24, 2.45) is 5.16 Å². The summed E-state index contributed by atoms with van der Waals surface area (Å²) in [4.78, 5) is 75.2. The Labute approximate surface area is 281 Å². The van der Waals surface area contributed by atoms with Gasteiger partial charge in [0.1, 0.15) is 28.3 Å². The summed E-state index contributed by atoms with van der Waals surface area (Å²) >= 11 is 1.30. The number of nitrogens with zero attached hydrogens (tertiary/aromatic N) is 3. The summed E-state index contributed by atoms with van der Waals surface area (Å²) in [5.74, 6) is -3.14. The lowest BCUT2D eigenvalue weighted by Gasteiger charge is -2.49. The van der Waals surface area contributed by atoms with E-state index in [1.807, 2.05) is 22.6 Å². The van der Waals surface area contributed by atoms with E-state index < -0.39 is 75.0 Å². The Kier molecular flexibility index (Phi) is 11.2. The summed E-state index contributed by atoms with van der Waals surface area (Å²) < 4.78 is 28.9. The summed E-state index contributed by atoms with van der Waals surface area (Å²) in [6, 6.07) is -1.28. The highest BCUT2D eigenvalue weighted by Gasteiger charge is 2.61. The van der Waals surface area contributed by atoms with E-state index in [1.54, 1.807) is 41.5 Å². The number of hydrogen-bond donors (Lipinski definition) is 2. The van der Waals surface area contributed by atoms with E-state index in [0.717, 1.165) is 16.2 Å². The molecule has 3 rings (SSSR count). The van der Waals surface area contributed by atoms with Gasteiger partial charge >= 0.3 is 26.1 Å². The Morgan fingerprint density at radius 1 is 1.16 bits per heavy atom. The van der Waals surface area contributed by atoms with Crippen molar-refractivity contribution in [3.8, 4) is 0 Å². The summed E-state index contributed by atoms with van der Waals surface area (Å²) in [5, 5.41) is 9.33. The van der Waals surface area contributed by atoms with Crippen LogP contribution in [0.5, 0.6) is 0 Å². The second-order valence-corrected chi connectivity index (χ2v) is 15.5. The molecular formula is C26H35BIN5O10S2. The van der Waals surface area contributed by atoms with Crippen molar-refractivity contribution in [2.45, 2.75) is 83.6 Å². The van der Waals surface area contributed by atoms with Crippen molar-refractivity contribution < 1.29 is 47.5 Å². The average Bonchev–Trinajstić information content (AvgIpc) is 3.36. The number of rotatable bonds is 9. The first kappa shape index (κ1) is 36.6. The second-order valence-electron chi connectivity index (χ2n) is 12.4. The van der Waals surface area contributed by atoms with E-state index in [0.29, 0.717) is 10.0 Å². The van der Waals surface area contributed by atoms with Crippen molar-refractivity contribution in [2.75, 3.05) is 15.5 Å². The Morgan fingerprint density at radius 2 is 1.78 bits per heavy atom. The molecule has 15 nitrogen and oxygen atoms in total. The largest absolute Gasteiger partial charge is 0.614 e. The highest BCUT2D eigenvalue weighted by atomic mass is 127. The van der Waals surface area contributed by atoms with Crippen LogP contribution in [0.4, 0.5) is 9.93 Å². The Morgan fingerprint density at radius 3 is 2.33 bits per heavy atom. The molecule has 2 aliphatic heterocycles. The van der Waals surface area contributed by atoms with Gasteiger partial charge in [-0.3, -0.25) is 19.8 Å². The van der Waals surface area contributed by atoms with Gasteiger partial charge < -0.3 is 28.8 Å². The Balaban J connectivity index is 1.92. The highest BCUT2D eigenvalue weighted by Crippen LogP contribution is 2.37. The van der Waals surface area contributed by atoms with Crippen molar-refractivity contribution in [3.63, 3.8) is 0 Å². The van der Waals surface area contributed by atoms with Crippen LogP contribution >= 0.6 is 33.9 Å². The Hall–Kier alpha value is -2.91. The SMILES string of the molecule is BOC(=O)C1=C(CI)C[S+]([O-])C2[C@H](NC(=O)/C(=N\OC(C)(C)C(=O)OC(C)(C)C)c3csc(NC(=O)OC(C)(C)C)n3)C(=O)N12. The van der Waals surface area contributed by atoms with Gasteiger partial charge in [0.05, 0.1) is 0 Å². The fourth-order valence-corrected chi connectivity index (χ4v) is 7.25. The zero-order chi connectivity index (χ0) is 34.1. The molecule has 0 bridgehead atoms. The fourth-order valence-electron chi connectivity index (χ4n) is 3.88. The second kappa shape index (κ2) is 13.8. The van der Waals surface area contributed by atoms with Gasteiger partial charge in [-0.2, -0.15) is 0 Å². The zero-order valence-corrected chi connectivity index (χ0v) is 30.1. The van der Waals surface area contributed by atoms with E-state index in [2.05, 4.69) is 20.8 Å². The quantitative estimate of drug-likeness (QED) is 0.0539. The third-order valence-corrected chi connectivity index (χ3v) is 9.19. The molecule has 1 aromatic heterocycles. The monoisotopic (exact) mass is 779 g/mol. The zero-order valence-electron chi connectivity index (χ0n) is 26.3. The number of ether oxygens (including phenoxy) is 2. The number of fused-ring (bicyclic) bond motifs is 1. The summed E-state index contributed by atoms with van der Waals surface area (Å²) in [6.45, 7) is 12.9. The van der Waals surface area contributed by atoms with E-state index >= 15 is 0 Å². The number of carbonyl (C=O) groups is 5. The number of nitrogens with one attached hydrogen (secondary N) is 2. The van der Waals surface area contributed by atoms with Crippen LogP contribution in [0, 0.1) is 0 Å². The molecule has 1 aromatic rings. The van der Waals surface area contributed by atoms with Gasteiger partial charge in [-0.1, -0.05) is 27.7 Å². The predicted octanol–water partition coefficient (Wildman–Crippen LogP) is 1.53. The topological polar surface area (TPSA) is 198 Å². The van der Waals surface area contributed by atoms with Gasteiger partial charge in [-0.15, -0.1) is 11.3 Å². The van der Waals surface area contributed by atoms with Crippen LogP contribution in [0.1, 0.15) is 61.1 Å². The summed E-state index contributed by atoms with van der Waals surface area (Å²) in [5.41, 5.74) is -3.30. The molecule has 2 unspecified atom stereocenters. The minimum Gasteiger partial charge on any atom is -0.614 e. The highest BCUT2D eigenvalue weighted by molar-refractivity contribution is 14.1. The lowest BCUT2D eigenvalue weighted by atomic mass is 10.0. The molecule has 246 valence electrons. The summed E-state index contributed by atoms with van der Waals surface area (Å²) in [6.07, 6.45) is -0.783. The first-order valence-corrected chi connectivity index (χ1v) is 17.3. The lowest BCUT2D eigenvalue weighted by molar-refractivity contribution is -0.179. The minimum atomic E-state index is -1.66. The molecular weight excluding hydrogens is 744 g/mol. The lowest BCUT2D eigenvalue weighted by Crippen LogP contribution is -2.75. The molecule has 0 spiro atoms. The number of anilines is 1. The predicted molar refractivity (Wildman–Crippen MR) is 176 cm³/mol. The fraction of sp³-hybridized carbons (Fsp3) is 0.577. The van der Waals surface area contributed by atoms with Crippen molar-refractivity contribution in [1.82, 2.24) is 15.2 Å². The van der Waals surface area contributed by atoms with Crippen LogP contribution in [-0.2, 0) is 49.3 Å². The average molecular weight is 779 g/mol. The van der Waals surface area contributed by atoms with Crippen LogP contribution in [0.15, 0.2) is 21.8 Å². The number of carbonyl (C=O) groups excluding carboxylic acids is 5. The number of esters is 1. The number of β-lactam (4-membered cyclic amide) rings is 1. The van der Waals surface area contributed by atoms with E-state index in [4.69, 9.17) is 19.0 Å². The molecule has 2 aliphatic rings. The minimum absolute atomic E-state index is 0.000642. The van der Waals surface area contributed by atoms with Crippen LogP contribution in [-0.4, -0.2) is 96.4 Å². The molecule has 3 amide bonds. The van der Waals surface area contributed by atoms with Crippen molar-refractivity contribution >= 4 is 93.8 Å². The third kappa shape index (κ3) is 8.88. The first-order chi connectivity index (χ1) is 20.7. The van der Waals surface area contributed by atoms with Gasteiger partial charge in [0.2, 0.25) is 11.0 Å². The number of aromatic nitrogens is 1. The molecule has 0 aliphatic carbocycles. The smallest absolute Gasteiger partial charge is 0.413 e. The molecule has 0 saturated carbocycles. The first-order valence-electron chi connectivity index (χ1n) is 13.5. The third-order valence-electron chi connectivity index (χ3n) is 5.86. The molecule has 0 radical (unpaired) electrons. The van der Waals surface area contributed by atoms with Gasteiger partial charge in [0, 0.05) is 15.4 Å². The standard InChI is InChI=1S/C26H35BIN5O10S2/c1-24(2,3)40-21(37)26(7,8)43-32-14(13-10-44-22(29-13)31-23(38)41-25(4,5)6)17(34)30-15-18(35)33-16(20(36)42-27)12(9-28)11-45(39)19(15)33/h10,15,19H,9,11,27H2,1-8H3,(H,30,34)(H,29,31,38)/b32-14-/t15-,19?,45?/m1/s1.